The Labute approximate surface area is 225 Å². The van der Waals surface area contributed by atoms with Crippen LogP contribution in [0.4, 0.5) is 17.1 Å². The summed E-state index contributed by atoms with van der Waals surface area (Å²) in [6.07, 6.45) is -0.141. The van der Waals surface area contributed by atoms with Crippen LogP contribution in [0.1, 0.15) is 0 Å². The van der Waals surface area contributed by atoms with Crippen LogP contribution >= 0.6 is 11.6 Å². The molecule has 0 spiro atoms. The Morgan fingerprint density at radius 3 is 2.34 bits per heavy atom. The lowest BCUT2D eigenvalue weighted by Gasteiger charge is -2.34. The van der Waals surface area contributed by atoms with Crippen LogP contribution in [0, 0.1) is 0 Å². The molecule has 1 amide bonds. The highest BCUT2D eigenvalue weighted by atomic mass is 35.5. The highest BCUT2D eigenvalue weighted by molar-refractivity contribution is 7.92. The zero-order chi connectivity index (χ0) is 27.7. The number of carbonyl (C=O) groups is 1. The monoisotopic (exact) mass is 581 g/mol. The molecule has 0 unspecified atom stereocenters. The maximum Gasteiger partial charge on any atom is 0.267 e. The number of hydrogen-bond acceptors (Lipinski definition) is 8. The molecule has 1 heterocycles. The molecule has 0 aromatic heterocycles. The van der Waals surface area contributed by atoms with Crippen molar-refractivity contribution in [1.29, 1.82) is 0 Å². The van der Waals surface area contributed by atoms with Crippen molar-refractivity contribution < 1.29 is 35.8 Å². The molecule has 0 aliphatic carbocycles. The third-order valence-electron chi connectivity index (χ3n) is 5.57. The van der Waals surface area contributed by atoms with Gasteiger partial charge in [-0.1, -0.05) is 11.6 Å². The van der Waals surface area contributed by atoms with Gasteiger partial charge >= 0.3 is 0 Å². The second kappa shape index (κ2) is 10.6. The van der Waals surface area contributed by atoms with Crippen molar-refractivity contribution in [2.75, 3.05) is 41.4 Å². The van der Waals surface area contributed by atoms with Gasteiger partial charge in [-0.25, -0.2) is 16.8 Å². The summed E-state index contributed by atoms with van der Waals surface area (Å²) >= 11 is 6.00. The Bertz CT molecular complexity index is 1580. The quantitative estimate of drug-likeness (QED) is 0.413. The Morgan fingerprint density at radius 2 is 1.71 bits per heavy atom. The van der Waals surface area contributed by atoms with E-state index >= 15 is 0 Å². The molecule has 2 N–H and O–H groups in total. The van der Waals surface area contributed by atoms with E-state index in [9.17, 15) is 21.6 Å². The van der Waals surface area contributed by atoms with E-state index in [0.29, 0.717) is 10.8 Å². The predicted octanol–water partition coefficient (Wildman–Crippen LogP) is 3.32. The van der Waals surface area contributed by atoms with Crippen LogP contribution in [-0.2, 0) is 24.8 Å². The van der Waals surface area contributed by atoms with Gasteiger partial charge in [0.2, 0.25) is 10.0 Å². The molecule has 1 aliphatic rings. The molecule has 1 aliphatic heterocycles. The van der Waals surface area contributed by atoms with E-state index in [4.69, 9.17) is 25.8 Å². The summed E-state index contributed by atoms with van der Waals surface area (Å²) in [5.74, 6) is 0.346. The van der Waals surface area contributed by atoms with Crippen molar-refractivity contribution in [3.63, 3.8) is 0 Å². The van der Waals surface area contributed by atoms with Gasteiger partial charge in [-0.05, 0) is 54.6 Å². The predicted molar refractivity (Wildman–Crippen MR) is 143 cm³/mol. The van der Waals surface area contributed by atoms with Gasteiger partial charge < -0.3 is 19.5 Å². The van der Waals surface area contributed by atoms with Gasteiger partial charge in [-0.2, -0.15) is 0 Å². The normalized spacial score (nSPS) is 15.2. The average Bonchev–Trinajstić information content (AvgIpc) is 2.87. The molecule has 0 fully saturated rings. The van der Waals surface area contributed by atoms with Crippen molar-refractivity contribution in [2.24, 2.45) is 0 Å². The van der Waals surface area contributed by atoms with E-state index < -0.39 is 32.1 Å². The summed E-state index contributed by atoms with van der Waals surface area (Å²) in [5.41, 5.74) is 0.740. The number of amides is 1. The van der Waals surface area contributed by atoms with Crippen LogP contribution in [0.5, 0.6) is 17.2 Å². The average molecular weight is 582 g/mol. The molecule has 3 aromatic rings. The summed E-state index contributed by atoms with van der Waals surface area (Å²) in [7, 11) is -4.82. The number of halogens is 1. The van der Waals surface area contributed by atoms with E-state index in [2.05, 4.69) is 10.0 Å². The smallest absolute Gasteiger partial charge is 0.267 e. The van der Waals surface area contributed by atoms with Crippen molar-refractivity contribution in [3.05, 3.63) is 65.7 Å². The minimum absolute atomic E-state index is 0.0589. The maximum absolute atomic E-state index is 12.9. The number of ether oxygens (including phenoxy) is 3. The van der Waals surface area contributed by atoms with Gasteiger partial charge in [-0.3, -0.25) is 13.8 Å². The molecule has 0 saturated carbocycles. The number of hydrogen-bond donors (Lipinski definition) is 2. The van der Waals surface area contributed by atoms with Crippen LogP contribution in [-0.4, -0.2) is 55.9 Å². The van der Waals surface area contributed by atoms with Gasteiger partial charge in [0, 0.05) is 16.8 Å². The van der Waals surface area contributed by atoms with E-state index in [1.807, 2.05) is 0 Å². The van der Waals surface area contributed by atoms with Crippen LogP contribution in [0.2, 0.25) is 5.02 Å². The molecule has 0 saturated heterocycles. The number of nitrogens with zero attached hydrogens (tertiary/aromatic N) is 1. The summed E-state index contributed by atoms with van der Waals surface area (Å²) in [5, 5.41) is 2.94. The highest BCUT2D eigenvalue weighted by Gasteiger charge is 2.35. The number of rotatable bonds is 8. The van der Waals surface area contributed by atoms with Gasteiger partial charge in [0.1, 0.15) is 17.2 Å². The lowest BCUT2D eigenvalue weighted by Crippen LogP contribution is -2.48. The first-order valence-electron chi connectivity index (χ1n) is 11.0. The summed E-state index contributed by atoms with van der Waals surface area (Å²) in [6, 6.07) is 14.5. The van der Waals surface area contributed by atoms with E-state index in [1.54, 1.807) is 12.1 Å². The number of nitrogens with one attached hydrogen (secondary N) is 2. The number of benzene rings is 3. The summed E-state index contributed by atoms with van der Waals surface area (Å²) in [4.78, 5) is 12.9. The first-order chi connectivity index (χ1) is 17.9. The standard InChI is InChI=1S/C24H24ClN3O8S2/c1-34-17-7-10-19(22(13-17)35-2)27-38(32,33)18-8-5-16(6-9-18)26-24(29)23-14-28(37(3,30)31)20-12-15(25)4-11-21(20)36-23/h4-13,23,27H,14H2,1-3H3,(H,26,29)/t23-/m0/s1. The number of fused-ring (bicyclic) bond motifs is 1. The third kappa shape index (κ3) is 5.90. The first-order valence-corrected chi connectivity index (χ1v) is 14.7. The fraction of sp³-hybridized carbons (Fsp3) is 0.208. The van der Waals surface area contributed by atoms with Crippen molar-refractivity contribution >= 4 is 54.6 Å². The lowest BCUT2D eigenvalue weighted by molar-refractivity contribution is -0.122. The van der Waals surface area contributed by atoms with Gasteiger partial charge in [0.05, 0.1) is 43.3 Å². The molecule has 0 bridgehead atoms. The fourth-order valence-electron chi connectivity index (χ4n) is 3.70. The molecule has 0 radical (unpaired) electrons. The number of anilines is 3. The van der Waals surface area contributed by atoms with Crippen LogP contribution in [0.25, 0.3) is 0 Å². The minimum atomic E-state index is -3.98. The minimum Gasteiger partial charge on any atom is -0.497 e. The SMILES string of the molecule is COc1ccc(NS(=O)(=O)c2ccc(NC(=O)[C@@H]3CN(S(C)(=O)=O)c4cc(Cl)ccc4O3)cc2)c(OC)c1. The van der Waals surface area contributed by atoms with Crippen LogP contribution in [0.15, 0.2) is 65.6 Å². The van der Waals surface area contributed by atoms with Crippen molar-refractivity contribution in [3.8, 4) is 17.2 Å². The van der Waals surface area contributed by atoms with Gasteiger partial charge in [0.25, 0.3) is 15.9 Å². The first kappa shape index (κ1) is 27.4. The lowest BCUT2D eigenvalue weighted by atomic mass is 10.2. The van der Waals surface area contributed by atoms with Crippen molar-refractivity contribution in [1.82, 2.24) is 0 Å². The van der Waals surface area contributed by atoms with E-state index in [0.717, 1.165) is 10.6 Å². The van der Waals surface area contributed by atoms with Crippen LogP contribution in [0.3, 0.4) is 0 Å². The Morgan fingerprint density at radius 1 is 1.00 bits per heavy atom. The van der Waals surface area contributed by atoms with E-state index in [-0.39, 0.29) is 40.0 Å². The topological polar surface area (TPSA) is 140 Å². The fourth-order valence-corrected chi connectivity index (χ4v) is 5.84. The number of carbonyl (C=O) groups excluding carboxylic acids is 1. The largest absolute Gasteiger partial charge is 0.497 e. The zero-order valence-corrected chi connectivity index (χ0v) is 22.9. The molecular formula is C24H24ClN3O8S2. The van der Waals surface area contributed by atoms with E-state index in [1.165, 1.54) is 62.8 Å². The molecule has 4 rings (SSSR count). The second-order valence-corrected chi connectivity index (χ2v) is 12.2. The van der Waals surface area contributed by atoms with Crippen LogP contribution < -0.4 is 28.6 Å². The highest BCUT2D eigenvalue weighted by Crippen LogP contribution is 2.37. The maximum atomic E-state index is 12.9. The molecule has 1 atom stereocenters. The molecule has 11 nitrogen and oxygen atoms in total. The molecular weight excluding hydrogens is 558 g/mol. The Hall–Kier alpha value is -3.68. The second-order valence-electron chi connectivity index (χ2n) is 8.20. The third-order valence-corrected chi connectivity index (χ3v) is 8.33. The summed E-state index contributed by atoms with van der Waals surface area (Å²) in [6.45, 7) is -0.266. The number of sulfonamides is 2. The molecule has 202 valence electrons. The number of methoxy groups -OCH3 is 2. The Balaban J connectivity index is 1.49. The van der Waals surface area contributed by atoms with Crippen molar-refractivity contribution in [2.45, 2.75) is 11.0 Å². The van der Waals surface area contributed by atoms with Gasteiger partial charge in [-0.15, -0.1) is 0 Å². The molecule has 38 heavy (non-hydrogen) atoms. The van der Waals surface area contributed by atoms with Gasteiger partial charge in [0.15, 0.2) is 6.10 Å². The summed E-state index contributed by atoms with van der Waals surface area (Å²) < 4.78 is 70.1. The zero-order valence-electron chi connectivity index (χ0n) is 20.5. The molecule has 14 heteroatoms. The Kier molecular flexibility index (Phi) is 7.63. The molecule has 3 aromatic carbocycles.